The second kappa shape index (κ2) is 7.83. The predicted octanol–water partition coefficient (Wildman–Crippen LogP) is 2.92. The average molecular weight is 309 g/mol. The number of ether oxygens (including phenoxy) is 1. The fraction of sp³-hybridized carbons (Fsp3) is 0.467. The number of amides is 1. The van der Waals surface area contributed by atoms with Crippen LogP contribution >= 0.6 is 0 Å². The van der Waals surface area contributed by atoms with E-state index in [4.69, 9.17) is 4.74 Å². The first kappa shape index (κ1) is 17.2. The Morgan fingerprint density at radius 1 is 1.24 bits per heavy atom. The van der Waals surface area contributed by atoms with E-state index < -0.39 is 26.1 Å². The Balaban J connectivity index is 2.44. The van der Waals surface area contributed by atoms with E-state index in [1.165, 1.54) is 0 Å². The second-order valence-electron chi connectivity index (χ2n) is 6.13. The zero-order chi connectivity index (χ0) is 15.9. The topological polar surface area (TPSA) is 75.6 Å². The van der Waals surface area contributed by atoms with Gasteiger partial charge in [0.05, 0.1) is 12.5 Å². The van der Waals surface area contributed by atoms with Crippen molar-refractivity contribution in [3.05, 3.63) is 35.9 Å². The fourth-order valence-corrected chi connectivity index (χ4v) is 2.43. The van der Waals surface area contributed by atoms with Crippen molar-refractivity contribution in [1.82, 2.24) is 5.32 Å². The Kier molecular flexibility index (Phi) is 6.42. The highest BCUT2D eigenvalue weighted by Gasteiger charge is 2.21. The second-order valence-corrected chi connectivity index (χ2v) is 11.8. The summed E-state index contributed by atoms with van der Waals surface area (Å²) < 4.78 is 5.08. The van der Waals surface area contributed by atoms with Crippen molar-refractivity contribution >= 4 is 20.1 Å². The molecule has 0 heterocycles. The van der Waals surface area contributed by atoms with E-state index in [1.807, 2.05) is 6.07 Å². The summed E-state index contributed by atoms with van der Waals surface area (Å²) in [6.07, 6.45) is -0.560. The molecule has 0 aliphatic rings. The van der Waals surface area contributed by atoms with Crippen molar-refractivity contribution < 1.29 is 19.4 Å². The molecule has 2 N–H and O–H groups in total. The van der Waals surface area contributed by atoms with Crippen molar-refractivity contribution in [3.63, 3.8) is 0 Å². The third-order valence-corrected chi connectivity index (χ3v) is 4.74. The van der Waals surface area contributed by atoms with Crippen LogP contribution in [0.4, 0.5) is 4.79 Å². The number of carbonyl (C=O) groups is 2. The number of benzene rings is 1. The van der Waals surface area contributed by atoms with Crippen LogP contribution < -0.4 is 5.32 Å². The van der Waals surface area contributed by atoms with Crippen LogP contribution in [-0.4, -0.2) is 38.4 Å². The van der Waals surface area contributed by atoms with E-state index in [9.17, 15) is 14.7 Å². The molecule has 0 radical (unpaired) electrons. The Labute approximate surface area is 126 Å². The van der Waals surface area contributed by atoms with Crippen LogP contribution in [0.2, 0.25) is 25.7 Å². The molecule has 116 valence electrons. The highest BCUT2D eigenvalue weighted by Crippen LogP contribution is 2.14. The van der Waals surface area contributed by atoms with Gasteiger partial charge in [0, 0.05) is 14.6 Å². The molecule has 1 rings (SSSR count). The summed E-state index contributed by atoms with van der Waals surface area (Å²) in [4.78, 5) is 22.8. The molecular weight excluding hydrogens is 286 g/mol. The fourth-order valence-electron chi connectivity index (χ4n) is 1.72. The van der Waals surface area contributed by atoms with Crippen LogP contribution in [0.1, 0.15) is 11.5 Å². The van der Waals surface area contributed by atoms with Gasteiger partial charge in [-0.1, -0.05) is 50.0 Å². The summed E-state index contributed by atoms with van der Waals surface area (Å²) in [7, 11) is -1.24. The highest BCUT2D eigenvalue weighted by molar-refractivity contribution is 6.76. The normalized spacial score (nSPS) is 12.5. The Hall–Kier alpha value is -1.82. The van der Waals surface area contributed by atoms with E-state index in [1.54, 1.807) is 24.3 Å². The van der Waals surface area contributed by atoms with Gasteiger partial charge in [-0.15, -0.1) is 0 Å². The Morgan fingerprint density at radius 3 is 2.38 bits per heavy atom. The lowest BCUT2D eigenvalue weighted by molar-refractivity contribution is -0.138. The van der Waals surface area contributed by atoms with Gasteiger partial charge in [-0.05, 0) is 11.6 Å². The monoisotopic (exact) mass is 309 g/mol. The van der Waals surface area contributed by atoms with Crippen molar-refractivity contribution in [2.45, 2.75) is 31.6 Å². The number of hydrogen-bond donors (Lipinski definition) is 2. The van der Waals surface area contributed by atoms with Gasteiger partial charge in [-0.25, -0.2) is 4.79 Å². The summed E-state index contributed by atoms with van der Waals surface area (Å²) in [5.41, 5.74) is 0.660. The van der Waals surface area contributed by atoms with Gasteiger partial charge in [0.25, 0.3) is 0 Å². The third kappa shape index (κ3) is 6.94. The van der Waals surface area contributed by atoms with E-state index in [0.717, 1.165) is 6.04 Å². The van der Waals surface area contributed by atoms with Gasteiger partial charge < -0.3 is 15.2 Å². The number of carboxylic acid groups (broad SMARTS) is 1. The molecule has 1 atom stereocenters. The van der Waals surface area contributed by atoms with Crippen molar-refractivity contribution in [3.8, 4) is 0 Å². The zero-order valence-electron chi connectivity index (χ0n) is 12.8. The van der Waals surface area contributed by atoms with E-state index in [2.05, 4.69) is 25.0 Å². The Morgan fingerprint density at radius 2 is 1.86 bits per heavy atom. The molecule has 0 fully saturated rings. The number of nitrogens with one attached hydrogen (secondary N) is 1. The van der Waals surface area contributed by atoms with Crippen LogP contribution in [0, 0.1) is 0 Å². The van der Waals surface area contributed by atoms with Crippen LogP contribution in [0.3, 0.4) is 0 Å². The molecule has 1 unspecified atom stereocenters. The maximum atomic E-state index is 11.6. The lowest BCUT2D eigenvalue weighted by atomic mass is 9.99. The van der Waals surface area contributed by atoms with Crippen molar-refractivity contribution in [1.29, 1.82) is 0 Å². The van der Waals surface area contributed by atoms with Crippen LogP contribution in [-0.2, 0) is 9.53 Å². The molecule has 0 aromatic heterocycles. The van der Waals surface area contributed by atoms with Gasteiger partial charge in [-0.2, -0.15) is 0 Å². The van der Waals surface area contributed by atoms with Gasteiger partial charge >= 0.3 is 12.1 Å². The molecule has 0 saturated carbocycles. The standard InChI is InChI=1S/C15H23NO4Si/c1-21(2,3)10-9-20-15(19)16-11-13(14(17)18)12-7-5-4-6-8-12/h4-8,13H,9-11H2,1-3H3,(H,16,19)(H,17,18). The first-order valence-corrected chi connectivity index (χ1v) is 10.7. The number of carboxylic acids is 1. The smallest absolute Gasteiger partial charge is 0.407 e. The maximum absolute atomic E-state index is 11.6. The zero-order valence-corrected chi connectivity index (χ0v) is 13.8. The average Bonchev–Trinajstić information content (AvgIpc) is 2.38. The molecule has 1 aromatic rings. The minimum Gasteiger partial charge on any atom is -0.481 e. The molecule has 0 aliphatic carbocycles. The summed E-state index contributed by atoms with van der Waals surface area (Å²) >= 11 is 0. The van der Waals surface area contributed by atoms with Crippen LogP contribution in [0.15, 0.2) is 30.3 Å². The lowest BCUT2D eigenvalue weighted by Gasteiger charge is -2.16. The molecule has 0 spiro atoms. The van der Waals surface area contributed by atoms with E-state index in [0.29, 0.717) is 12.2 Å². The first-order chi connectivity index (χ1) is 9.79. The van der Waals surface area contributed by atoms with E-state index in [-0.39, 0.29) is 6.54 Å². The molecule has 0 aliphatic heterocycles. The van der Waals surface area contributed by atoms with Crippen LogP contribution in [0.5, 0.6) is 0 Å². The summed E-state index contributed by atoms with van der Waals surface area (Å²) in [5.74, 6) is -1.74. The van der Waals surface area contributed by atoms with Gasteiger partial charge in [0.1, 0.15) is 0 Å². The summed E-state index contributed by atoms with van der Waals surface area (Å²) in [5, 5.41) is 11.8. The van der Waals surface area contributed by atoms with Gasteiger partial charge in [0.15, 0.2) is 0 Å². The Bertz CT molecular complexity index is 470. The summed E-state index contributed by atoms with van der Waals surface area (Å²) in [6.45, 7) is 6.99. The molecule has 1 amide bonds. The summed E-state index contributed by atoms with van der Waals surface area (Å²) in [6, 6.07) is 9.73. The maximum Gasteiger partial charge on any atom is 0.407 e. The van der Waals surface area contributed by atoms with Crippen molar-refractivity contribution in [2.75, 3.05) is 13.2 Å². The number of hydrogen-bond acceptors (Lipinski definition) is 3. The molecule has 21 heavy (non-hydrogen) atoms. The number of rotatable bonds is 7. The predicted molar refractivity (Wildman–Crippen MR) is 84.3 cm³/mol. The first-order valence-electron chi connectivity index (χ1n) is 6.98. The lowest BCUT2D eigenvalue weighted by Crippen LogP contribution is -2.33. The molecule has 0 bridgehead atoms. The molecule has 0 saturated heterocycles. The molecule has 1 aromatic carbocycles. The van der Waals surface area contributed by atoms with Crippen molar-refractivity contribution in [2.24, 2.45) is 0 Å². The minimum absolute atomic E-state index is 0.0190. The van der Waals surface area contributed by atoms with Gasteiger partial charge in [-0.3, -0.25) is 4.79 Å². The highest BCUT2D eigenvalue weighted by atomic mass is 28.3. The third-order valence-electron chi connectivity index (χ3n) is 3.04. The van der Waals surface area contributed by atoms with Gasteiger partial charge in [0.2, 0.25) is 0 Å². The van der Waals surface area contributed by atoms with E-state index >= 15 is 0 Å². The quantitative estimate of drug-likeness (QED) is 0.759. The number of alkyl carbamates (subject to hydrolysis) is 1. The SMILES string of the molecule is C[Si](C)(C)CCOC(=O)NCC(C(=O)O)c1ccccc1. The number of carbonyl (C=O) groups excluding carboxylic acids is 1. The number of aliphatic carboxylic acids is 1. The molecule has 6 heteroatoms. The van der Waals surface area contributed by atoms with Crippen LogP contribution in [0.25, 0.3) is 0 Å². The molecule has 5 nitrogen and oxygen atoms in total. The minimum atomic E-state index is -1.24. The molecular formula is C15H23NO4Si. The largest absolute Gasteiger partial charge is 0.481 e.